The van der Waals surface area contributed by atoms with Crippen molar-refractivity contribution in [2.24, 2.45) is 5.73 Å². The van der Waals surface area contributed by atoms with Gasteiger partial charge in [-0.25, -0.2) is 0 Å². The molecule has 20 heavy (non-hydrogen) atoms. The number of rotatable bonds is 3. The molecule has 2 atom stereocenters. The van der Waals surface area contributed by atoms with Crippen LogP contribution in [0.25, 0.3) is 11.3 Å². The van der Waals surface area contributed by atoms with Crippen molar-refractivity contribution >= 4 is 24.0 Å². The molecule has 1 aromatic carbocycles. The molecule has 1 aliphatic carbocycles. The van der Waals surface area contributed by atoms with Crippen molar-refractivity contribution < 1.29 is 4.74 Å². The number of nitrogens with two attached hydrogens (primary N) is 1. The van der Waals surface area contributed by atoms with Crippen molar-refractivity contribution in [3.05, 3.63) is 47.1 Å². The van der Waals surface area contributed by atoms with Crippen LogP contribution in [-0.2, 0) is 0 Å². The first-order valence-electron chi connectivity index (χ1n) is 6.24. The third-order valence-corrected chi connectivity index (χ3v) is 3.68. The summed E-state index contributed by atoms with van der Waals surface area (Å²) in [6.07, 6.45) is 2.96. The lowest BCUT2D eigenvalue weighted by molar-refractivity contribution is 0.415. The molecular formula is C15H16Cl2N2O. The van der Waals surface area contributed by atoms with Crippen LogP contribution in [0.5, 0.6) is 5.75 Å². The molecule has 2 aromatic rings. The number of benzene rings is 1. The SMILES string of the molecule is COc1cc(Cl)cc(-c2ccc([C@H]3C[C@@H]3N)cn2)c1.Cl. The van der Waals surface area contributed by atoms with E-state index in [2.05, 4.69) is 11.1 Å². The van der Waals surface area contributed by atoms with Crippen LogP contribution in [0.1, 0.15) is 17.9 Å². The maximum Gasteiger partial charge on any atom is 0.121 e. The Morgan fingerprint density at radius 3 is 2.60 bits per heavy atom. The van der Waals surface area contributed by atoms with Gasteiger partial charge < -0.3 is 10.5 Å². The van der Waals surface area contributed by atoms with E-state index in [1.807, 2.05) is 24.4 Å². The number of hydrogen-bond acceptors (Lipinski definition) is 3. The molecule has 0 amide bonds. The molecule has 3 rings (SSSR count). The normalized spacial score (nSPS) is 20.1. The molecule has 0 bridgehead atoms. The van der Waals surface area contributed by atoms with Gasteiger partial charge in [-0.05, 0) is 36.2 Å². The highest BCUT2D eigenvalue weighted by atomic mass is 35.5. The highest BCUT2D eigenvalue weighted by Crippen LogP contribution is 2.39. The average Bonchev–Trinajstić information content (AvgIpc) is 3.15. The smallest absolute Gasteiger partial charge is 0.121 e. The third-order valence-electron chi connectivity index (χ3n) is 3.46. The first kappa shape index (κ1) is 15.1. The van der Waals surface area contributed by atoms with E-state index < -0.39 is 0 Å². The summed E-state index contributed by atoms with van der Waals surface area (Å²) < 4.78 is 5.21. The molecule has 1 fully saturated rings. The average molecular weight is 311 g/mol. The van der Waals surface area contributed by atoms with Crippen LogP contribution in [0.2, 0.25) is 5.02 Å². The van der Waals surface area contributed by atoms with Crippen molar-refractivity contribution in [2.45, 2.75) is 18.4 Å². The first-order chi connectivity index (χ1) is 9.17. The second-order valence-corrected chi connectivity index (χ2v) is 5.30. The molecule has 1 aliphatic rings. The Kier molecular flexibility index (Phi) is 4.53. The van der Waals surface area contributed by atoms with Gasteiger partial charge in [0, 0.05) is 28.7 Å². The van der Waals surface area contributed by atoms with Crippen molar-refractivity contribution in [2.75, 3.05) is 7.11 Å². The van der Waals surface area contributed by atoms with Crippen molar-refractivity contribution in [3.63, 3.8) is 0 Å². The maximum absolute atomic E-state index is 6.07. The van der Waals surface area contributed by atoms with Gasteiger partial charge in [-0.15, -0.1) is 12.4 Å². The van der Waals surface area contributed by atoms with Gasteiger partial charge in [-0.2, -0.15) is 0 Å². The van der Waals surface area contributed by atoms with E-state index in [1.165, 1.54) is 5.56 Å². The number of halogens is 2. The second-order valence-electron chi connectivity index (χ2n) is 4.86. The molecule has 1 heterocycles. The predicted molar refractivity (Wildman–Crippen MR) is 83.8 cm³/mol. The van der Waals surface area contributed by atoms with Gasteiger partial charge in [-0.3, -0.25) is 4.98 Å². The number of hydrogen-bond donors (Lipinski definition) is 1. The summed E-state index contributed by atoms with van der Waals surface area (Å²) in [6.45, 7) is 0. The summed E-state index contributed by atoms with van der Waals surface area (Å²) in [5.74, 6) is 1.22. The van der Waals surface area contributed by atoms with Gasteiger partial charge in [0.05, 0.1) is 12.8 Å². The minimum atomic E-state index is 0. The van der Waals surface area contributed by atoms with E-state index in [0.29, 0.717) is 17.0 Å². The predicted octanol–water partition coefficient (Wildman–Crippen LogP) is 3.65. The van der Waals surface area contributed by atoms with E-state index in [1.54, 1.807) is 13.2 Å². The Labute approximate surface area is 129 Å². The lowest BCUT2D eigenvalue weighted by Gasteiger charge is -2.06. The number of nitrogens with zero attached hydrogens (tertiary/aromatic N) is 1. The Morgan fingerprint density at radius 2 is 2.05 bits per heavy atom. The monoisotopic (exact) mass is 310 g/mol. The van der Waals surface area contributed by atoms with Gasteiger partial charge in [0.2, 0.25) is 0 Å². The van der Waals surface area contributed by atoms with Gasteiger partial charge >= 0.3 is 0 Å². The maximum atomic E-state index is 6.07. The molecule has 0 radical (unpaired) electrons. The molecular weight excluding hydrogens is 295 g/mol. The topological polar surface area (TPSA) is 48.1 Å². The van der Waals surface area contributed by atoms with Crippen molar-refractivity contribution in [1.29, 1.82) is 0 Å². The molecule has 5 heteroatoms. The largest absolute Gasteiger partial charge is 0.497 e. The van der Waals surface area contributed by atoms with E-state index in [4.69, 9.17) is 22.1 Å². The number of ether oxygens (including phenoxy) is 1. The number of pyridine rings is 1. The molecule has 0 spiro atoms. The Bertz CT molecular complexity index is 601. The molecule has 106 valence electrons. The summed E-state index contributed by atoms with van der Waals surface area (Å²) in [5.41, 5.74) is 8.90. The van der Waals surface area contributed by atoms with E-state index in [0.717, 1.165) is 23.4 Å². The Morgan fingerprint density at radius 1 is 1.30 bits per heavy atom. The molecule has 0 unspecified atom stereocenters. The Hall–Kier alpha value is -1.29. The Balaban J connectivity index is 0.00000147. The zero-order valence-electron chi connectivity index (χ0n) is 11.0. The van der Waals surface area contributed by atoms with Crippen LogP contribution in [0, 0.1) is 0 Å². The summed E-state index contributed by atoms with van der Waals surface area (Å²) in [5, 5.41) is 0.643. The summed E-state index contributed by atoms with van der Waals surface area (Å²) in [7, 11) is 1.63. The molecule has 1 aromatic heterocycles. The molecule has 2 N–H and O–H groups in total. The molecule has 0 saturated heterocycles. The standard InChI is InChI=1S/C15H15ClN2O.ClH/c1-19-12-5-10(4-11(16)6-12)15-3-2-9(8-18-15)13-7-14(13)17;/h2-6,8,13-14H,7,17H2,1H3;1H/t13-,14+;/m1./s1. The van der Waals surface area contributed by atoms with Gasteiger partial charge in [0.15, 0.2) is 0 Å². The molecule has 3 nitrogen and oxygen atoms in total. The van der Waals surface area contributed by atoms with Gasteiger partial charge in [0.1, 0.15) is 5.75 Å². The van der Waals surface area contributed by atoms with Crippen molar-refractivity contribution in [3.8, 4) is 17.0 Å². The zero-order valence-corrected chi connectivity index (χ0v) is 12.6. The number of aromatic nitrogens is 1. The van der Waals surface area contributed by atoms with Crippen molar-refractivity contribution in [1.82, 2.24) is 4.98 Å². The zero-order chi connectivity index (χ0) is 13.4. The molecule has 1 saturated carbocycles. The van der Waals surface area contributed by atoms with E-state index in [9.17, 15) is 0 Å². The lowest BCUT2D eigenvalue weighted by atomic mass is 10.1. The fraction of sp³-hybridized carbons (Fsp3) is 0.267. The van der Waals surface area contributed by atoms with Crippen LogP contribution >= 0.6 is 24.0 Å². The summed E-state index contributed by atoms with van der Waals surface area (Å²) in [4.78, 5) is 4.49. The summed E-state index contributed by atoms with van der Waals surface area (Å²) in [6, 6.07) is 9.99. The third kappa shape index (κ3) is 3.06. The minimum absolute atomic E-state index is 0. The van der Waals surface area contributed by atoms with Crippen LogP contribution in [0.3, 0.4) is 0 Å². The van der Waals surface area contributed by atoms with Gasteiger partial charge in [-0.1, -0.05) is 17.7 Å². The highest BCUT2D eigenvalue weighted by molar-refractivity contribution is 6.31. The van der Waals surface area contributed by atoms with Crippen LogP contribution in [0.4, 0.5) is 0 Å². The van der Waals surface area contributed by atoms with Crippen LogP contribution in [0.15, 0.2) is 36.5 Å². The fourth-order valence-corrected chi connectivity index (χ4v) is 2.45. The quantitative estimate of drug-likeness (QED) is 0.941. The highest BCUT2D eigenvalue weighted by Gasteiger charge is 2.34. The summed E-state index contributed by atoms with van der Waals surface area (Å²) >= 11 is 6.07. The number of methoxy groups -OCH3 is 1. The van der Waals surface area contributed by atoms with Crippen LogP contribution in [-0.4, -0.2) is 18.1 Å². The van der Waals surface area contributed by atoms with E-state index in [-0.39, 0.29) is 12.4 Å². The second kappa shape index (κ2) is 6.00. The first-order valence-corrected chi connectivity index (χ1v) is 6.61. The van der Waals surface area contributed by atoms with Crippen LogP contribution < -0.4 is 10.5 Å². The van der Waals surface area contributed by atoms with E-state index >= 15 is 0 Å². The molecule has 0 aliphatic heterocycles. The van der Waals surface area contributed by atoms with Gasteiger partial charge in [0.25, 0.3) is 0 Å². The fourth-order valence-electron chi connectivity index (χ4n) is 2.22. The lowest BCUT2D eigenvalue weighted by Crippen LogP contribution is -2.01. The minimum Gasteiger partial charge on any atom is -0.497 e.